The van der Waals surface area contributed by atoms with Crippen molar-refractivity contribution in [2.75, 3.05) is 7.11 Å². The molecule has 5 nitrogen and oxygen atoms in total. The predicted octanol–water partition coefficient (Wildman–Crippen LogP) is 2.84. The summed E-state index contributed by atoms with van der Waals surface area (Å²) in [5.41, 5.74) is -0.104. The van der Waals surface area contributed by atoms with Gasteiger partial charge in [0.05, 0.1) is 22.7 Å². The highest BCUT2D eigenvalue weighted by Gasteiger charge is 2.16. The largest absolute Gasteiger partial charge is 0.513 e. The fourth-order valence-electron chi connectivity index (χ4n) is 0.906. The van der Waals surface area contributed by atoms with Gasteiger partial charge in [0.25, 0.3) is 0 Å². The van der Waals surface area contributed by atoms with Gasteiger partial charge in [-0.2, -0.15) is 0 Å². The molecule has 0 spiro atoms. The summed E-state index contributed by atoms with van der Waals surface area (Å²) < 4.78 is 8.89. The third-order valence-corrected chi connectivity index (χ3v) is 2.16. The van der Waals surface area contributed by atoms with Gasteiger partial charge in [0.15, 0.2) is 5.75 Å². The molecule has 86 valence electrons. The zero-order chi connectivity index (χ0) is 12.3. The summed E-state index contributed by atoms with van der Waals surface area (Å²) in [5.74, 6) is -1.33. The van der Waals surface area contributed by atoms with Crippen molar-refractivity contribution in [3.8, 4) is 5.75 Å². The highest BCUT2D eigenvalue weighted by atomic mass is 35.5. The Balaban J connectivity index is 3.12. The molecule has 0 atom stereocenters. The minimum Gasteiger partial charge on any atom is -0.478 e. The first-order valence-electron chi connectivity index (χ1n) is 3.94. The van der Waals surface area contributed by atoms with E-state index in [2.05, 4.69) is 9.47 Å². The van der Waals surface area contributed by atoms with E-state index >= 15 is 0 Å². The molecule has 0 aliphatic rings. The molecule has 0 aromatic heterocycles. The molecule has 0 saturated carbocycles. The molecule has 0 amide bonds. The Morgan fingerprint density at radius 1 is 1.25 bits per heavy atom. The Kier molecular flexibility index (Phi) is 3.98. The van der Waals surface area contributed by atoms with E-state index in [1.54, 1.807) is 0 Å². The first kappa shape index (κ1) is 12.6. The number of methoxy groups -OCH3 is 1. The molecule has 0 aliphatic heterocycles. The standard InChI is InChI=1S/C9H6Cl2O5/c1-15-9(14)16-7-5(10)2-4(8(12)13)3-6(7)11/h2-3H,1H3,(H,12,13). The summed E-state index contributed by atoms with van der Waals surface area (Å²) >= 11 is 11.4. The number of aromatic carboxylic acids is 1. The molecule has 0 aliphatic carbocycles. The Hall–Kier alpha value is -1.46. The van der Waals surface area contributed by atoms with E-state index in [0.717, 1.165) is 19.2 Å². The highest BCUT2D eigenvalue weighted by Crippen LogP contribution is 2.34. The second-order valence-corrected chi connectivity index (χ2v) is 3.44. The Morgan fingerprint density at radius 2 is 1.75 bits per heavy atom. The lowest BCUT2D eigenvalue weighted by molar-refractivity contribution is 0.0697. The van der Waals surface area contributed by atoms with E-state index in [1.807, 2.05) is 0 Å². The maximum Gasteiger partial charge on any atom is 0.513 e. The molecular formula is C9H6Cl2O5. The van der Waals surface area contributed by atoms with Crippen molar-refractivity contribution in [2.24, 2.45) is 0 Å². The van der Waals surface area contributed by atoms with Gasteiger partial charge in [-0.25, -0.2) is 9.59 Å². The van der Waals surface area contributed by atoms with Gasteiger partial charge in [-0.1, -0.05) is 23.2 Å². The zero-order valence-corrected chi connectivity index (χ0v) is 9.50. The Morgan fingerprint density at radius 3 is 2.12 bits per heavy atom. The number of ether oxygens (including phenoxy) is 2. The van der Waals surface area contributed by atoms with Crippen molar-refractivity contribution in [1.29, 1.82) is 0 Å². The van der Waals surface area contributed by atoms with Crippen LogP contribution in [0.2, 0.25) is 10.0 Å². The molecule has 7 heteroatoms. The van der Waals surface area contributed by atoms with Gasteiger partial charge in [0, 0.05) is 0 Å². The Bertz CT molecular complexity index is 421. The second kappa shape index (κ2) is 5.05. The van der Waals surface area contributed by atoms with Crippen LogP contribution in [-0.4, -0.2) is 24.3 Å². The average molecular weight is 265 g/mol. The Labute approximate surface area is 100 Å². The number of carbonyl (C=O) groups excluding carboxylic acids is 1. The summed E-state index contributed by atoms with van der Waals surface area (Å²) in [7, 11) is 1.12. The van der Waals surface area contributed by atoms with Crippen LogP contribution in [0.25, 0.3) is 0 Å². The van der Waals surface area contributed by atoms with Crippen LogP contribution in [0.1, 0.15) is 10.4 Å². The third-order valence-electron chi connectivity index (χ3n) is 1.60. The lowest BCUT2D eigenvalue weighted by Crippen LogP contribution is -2.08. The molecule has 0 fully saturated rings. The number of hydrogen-bond donors (Lipinski definition) is 1. The molecule has 0 heterocycles. The van der Waals surface area contributed by atoms with Crippen molar-refractivity contribution in [2.45, 2.75) is 0 Å². The summed E-state index contributed by atoms with van der Waals surface area (Å²) in [5, 5.41) is 8.53. The van der Waals surface area contributed by atoms with Gasteiger partial charge in [-0.05, 0) is 12.1 Å². The van der Waals surface area contributed by atoms with Gasteiger partial charge in [0.2, 0.25) is 0 Å². The fraction of sp³-hybridized carbons (Fsp3) is 0.111. The number of halogens is 2. The van der Waals surface area contributed by atoms with Crippen molar-refractivity contribution in [1.82, 2.24) is 0 Å². The zero-order valence-electron chi connectivity index (χ0n) is 7.99. The molecule has 0 unspecified atom stereocenters. The van der Waals surface area contributed by atoms with Crippen LogP contribution in [0.4, 0.5) is 4.79 Å². The maximum atomic E-state index is 10.8. The quantitative estimate of drug-likeness (QED) is 0.657. The lowest BCUT2D eigenvalue weighted by atomic mass is 10.2. The highest BCUT2D eigenvalue weighted by molar-refractivity contribution is 6.37. The number of carbonyl (C=O) groups is 2. The minimum atomic E-state index is -1.19. The summed E-state index contributed by atoms with van der Waals surface area (Å²) in [6.07, 6.45) is -0.994. The molecule has 0 bridgehead atoms. The van der Waals surface area contributed by atoms with E-state index in [-0.39, 0.29) is 21.4 Å². The monoisotopic (exact) mass is 264 g/mol. The molecular weight excluding hydrogens is 259 g/mol. The minimum absolute atomic E-state index is 0.0877. The van der Waals surface area contributed by atoms with Gasteiger partial charge in [-0.3, -0.25) is 0 Å². The van der Waals surface area contributed by atoms with Gasteiger partial charge < -0.3 is 14.6 Å². The van der Waals surface area contributed by atoms with Gasteiger partial charge >= 0.3 is 12.1 Å². The number of benzene rings is 1. The summed E-state index contributed by atoms with van der Waals surface area (Å²) in [6.45, 7) is 0. The molecule has 1 N–H and O–H groups in total. The van der Waals surface area contributed by atoms with Crippen LogP contribution in [0, 0.1) is 0 Å². The van der Waals surface area contributed by atoms with E-state index in [4.69, 9.17) is 28.3 Å². The van der Waals surface area contributed by atoms with Crippen molar-refractivity contribution in [3.63, 3.8) is 0 Å². The van der Waals surface area contributed by atoms with Crippen LogP contribution < -0.4 is 4.74 Å². The lowest BCUT2D eigenvalue weighted by Gasteiger charge is -2.07. The van der Waals surface area contributed by atoms with E-state index < -0.39 is 12.1 Å². The van der Waals surface area contributed by atoms with Crippen LogP contribution in [0.3, 0.4) is 0 Å². The van der Waals surface area contributed by atoms with E-state index in [9.17, 15) is 9.59 Å². The van der Waals surface area contributed by atoms with E-state index in [1.165, 1.54) is 0 Å². The van der Waals surface area contributed by atoms with Crippen molar-refractivity contribution in [3.05, 3.63) is 27.7 Å². The predicted molar refractivity (Wildman–Crippen MR) is 56.5 cm³/mol. The molecule has 1 aromatic rings. The fourth-order valence-corrected chi connectivity index (χ4v) is 1.47. The van der Waals surface area contributed by atoms with Crippen molar-refractivity contribution >= 4 is 35.3 Å². The van der Waals surface area contributed by atoms with Gasteiger partial charge in [-0.15, -0.1) is 0 Å². The van der Waals surface area contributed by atoms with Crippen LogP contribution in [0.15, 0.2) is 12.1 Å². The van der Waals surface area contributed by atoms with Crippen LogP contribution in [0.5, 0.6) is 5.75 Å². The average Bonchev–Trinajstić information content (AvgIpc) is 2.22. The molecule has 1 aromatic carbocycles. The van der Waals surface area contributed by atoms with Crippen molar-refractivity contribution < 1.29 is 24.2 Å². The SMILES string of the molecule is COC(=O)Oc1c(Cl)cc(C(=O)O)cc1Cl. The maximum absolute atomic E-state index is 10.8. The van der Waals surface area contributed by atoms with Gasteiger partial charge in [0.1, 0.15) is 0 Å². The van der Waals surface area contributed by atoms with Crippen LogP contribution >= 0.6 is 23.2 Å². The number of hydrogen-bond acceptors (Lipinski definition) is 4. The number of carboxylic acid groups (broad SMARTS) is 1. The smallest absolute Gasteiger partial charge is 0.478 e. The number of rotatable bonds is 2. The topological polar surface area (TPSA) is 72.8 Å². The normalized spacial score (nSPS) is 9.69. The molecule has 16 heavy (non-hydrogen) atoms. The molecule has 1 rings (SSSR count). The summed E-state index contributed by atoms with van der Waals surface area (Å²) in [4.78, 5) is 21.5. The molecule has 0 saturated heterocycles. The first-order valence-corrected chi connectivity index (χ1v) is 4.69. The third kappa shape index (κ3) is 2.77. The van der Waals surface area contributed by atoms with E-state index in [0.29, 0.717) is 0 Å². The first-order chi connectivity index (χ1) is 7.45. The molecule has 0 radical (unpaired) electrons. The summed E-state index contributed by atoms with van der Waals surface area (Å²) in [6, 6.07) is 2.24. The number of carboxylic acids is 1. The van der Waals surface area contributed by atoms with Crippen LogP contribution in [-0.2, 0) is 4.74 Å². The second-order valence-electron chi connectivity index (χ2n) is 2.63.